The minimum absolute atomic E-state index is 0.0960. The summed E-state index contributed by atoms with van der Waals surface area (Å²) in [5, 5.41) is 3.70. The van der Waals surface area contributed by atoms with Gasteiger partial charge in [0, 0.05) is 22.8 Å². The number of halogens is 4. The SMILES string of the molecule is O=C(OC(=O)C(F)(F)F)c1ccc2c(c1)CN(C(=O)c1ccc(Cl)cc1)CC(=O)N2Cc1ccc(OC2CCNCC2)cc1. The quantitative estimate of drug-likeness (QED) is 0.305. The largest absolute Gasteiger partial charge is 0.491 e. The second kappa shape index (κ2) is 13.1. The molecule has 0 saturated carbocycles. The van der Waals surface area contributed by atoms with Gasteiger partial charge in [-0.15, -0.1) is 0 Å². The highest BCUT2D eigenvalue weighted by molar-refractivity contribution is 6.30. The molecule has 3 aromatic rings. The number of hydrogen-bond acceptors (Lipinski definition) is 7. The molecule has 2 amide bonds. The van der Waals surface area contributed by atoms with Crippen LogP contribution in [0, 0.1) is 0 Å². The third-order valence-electron chi connectivity index (χ3n) is 7.24. The van der Waals surface area contributed by atoms with Gasteiger partial charge in [-0.25, -0.2) is 9.59 Å². The van der Waals surface area contributed by atoms with Crippen LogP contribution in [-0.2, 0) is 27.4 Å². The molecular formula is C31H27ClF3N3O6. The van der Waals surface area contributed by atoms with E-state index in [1.165, 1.54) is 46.2 Å². The van der Waals surface area contributed by atoms with Gasteiger partial charge in [0.25, 0.3) is 5.91 Å². The van der Waals surface area contributed by atoms with Gasteiger partial charge in [-0.3, -0.25) is 9.59 Å². The molecule has 1 fully saturated rings. The van der Waals surface area contributed by atoms with Crippen LogP contribution in [0.3, 0.4) is 0 Å². The maximum absolute atomic E-state index is 13.6. The maximum Gasteiger partial charge on any atom is 0.491 e. The Kier molecular flexibility index (Phi) is 9.21. The molecule has 0 atom stereocenters. The lowest BCUT2D eigenvalue weighted by Crippen LogP contribution is -2.39. The van der Waals surface area contributed by atoms with E-state index >= 15 is 0 Å². The average molecular weight is 630 g/mol. The molecule has 2 aliphatic heterocycles. The molecule has 2 aliphatic rings. The third kappa shape index (κ3) is 7.37. The fraction of sp³-hybridized carbons (Fsp3) is 0.290. The van der Waals surface area contributed by atoms with E-state index in [1.54, 1.807) is 0 Å². The van der Waals surface area contributed by atoms with E-state index in [0.717, 1.165) is 37.6 Å². The number of anilines is 1. The summed E-state index contributed by atoms with van der Waals surface area (Å²) in [5.41, 5.74) is 1.29. The number of alkyl halides is 3. The number of nitrogens with one attached hydrogen (secondary N) is 1. The monoisotopic (exact) mass is 629 g/mol. The number of piperidine rings is 1. The molecule has 9 nitrogen and oxygen atoms in total. The van der Waals surface area contributed by atoms with Crippen molar-refractivity contribution in [3.63, 3.8) is 0 Å². The van der Waals surface area contributed by atoms with Gasteiger partial charge in [-0.1, -0.05) is 23.7 Å². The number of ether oxygens (including phenoxy) is 2. The zero-order chi connectivity index (χ0) is 31.4. The molecule has 5 rings (SSSR count). The van der Waals surface area contributed by atoms with Gasteiger partial charge < -0.3 is 24.6 Å². The smallest absolute Gasteiger partial charge is 0.490 e. The van der Waals surface area contributed by atoms with Crippen LogP contribution < -0.4 is 15.0 Å². The van der Waals surface area contributed by atoms with E-state index in [4.69, 9.17) is 16.3 Å². The van der Waals surface area contributed by atoms with Gasteiger partial charge in [0.15, 0.2) is 0 Å². The first kappa shape index (κ1) is 31.0. The number of benzene rings is 3. The van der Waals surface area contributed by atoms with Crippen molar-refractivity contribution in [1.29, 1.82) is 0 Å². The number of esters is 2. The van der Waals surface area contributed by atoms with E-state index in [-0.39, 0.29) is 42.4 Å². The Morgan fingerprint density at radius 3 is 2.23 bits per heavy atom. The first-order valence-electron chi connectivity index (χ1n) is 13.8. The summed E-state index contributed by atoms with van der Waals surface area (Å²) in [7, 11) is 0. The van der Waals surface area contributed by atoms with E-state index in [1.807, 2.05) is 24.3 Å². The second-order valence-electron chi connectivity index (χ2n) is 10.4. The van der Waals surface area contributed by atoms with Gasteiger partial charge >= 0.3 is 18.1 Å². The Hall–Kier alpha value is -4.42. The van der Waals surface area contributed by atoms with Crippen molar-refractivity contribution in [3.05, 3.63) is 94.0 Å². The molecule has 230 valence electrons. The average Bonchev–Trinajstić information content (AvgIpc) is 3.13. The summed E-state index contributed by atoms with van der Waals surface area (Å²) in [5.74, 6) is -4.40. The maximum atomic E-state index is 13.6. The highest BCUT2D eigenvalue weighted by Gasteiger charge is 2.42. The van der Waals surface area contributed by atoms with Crippen LogP contribution in [0.5, 0.6) is 5.75 Å². The molecule has 0 unspecified atom stereocenters. The number of rotatable bonds is 6. The van der Waals surface area contributed by atoms with Crippen LogP contribution in [0.2, 0.25) is 5.02 Å². The lowest BCUT2D eigenvalue weighted by atomic mass is 10.1. The summed E-state index contributed by atoms with van der Waals surface area (Å²) < 4.78 is 48.1. The Morgan fingerprint density at radius 2 is 1.57 bits per heavy atom. The molecule has 44 heavy (non-hydrogen) atoms. The normalized spacial score (nSPS) is 15.8. The molecule has 0 spiro atoms. The van der Waals surface area contributed by atoms with Crippen LogP contribution in [0.4, 0.5) is 18.9 Å². The van der Waals surface area contributed by atoms with Crippen LogP contribution in [0.25, 0.3) is 0 Å². The summed E-state index contributed by atoms with van der Waals surface area (Å²) in [6.45, 7) is 1.39. The van der Waals surface area contributed by atoms with Crippen LogP contribution in [0.15, 0.2) is 66.7 Å². The molecule has 0 aliphatic carbocycles. The molecule has 0 aromatic heterocycles. The fourth-order valence-electron chi connectivity index (χ4n) is 5.00. The lowest BCUT2D eigenvalue weighted by molar-refractivity contribution is -0.193. The van der Waals surface area contributed by atoms with Crippen molar-refractivity contribution in [1.82, 2.24) is 10.2 Å². The fourth-order valence-corrected chi connectivity index (χ4v) is 5.13. The first-order valence-corrected chi connectivity index (χ1v) is 14.1. The Morgan fingerprint density at radius 1 is 0.909 bits per heavy atom. The number of fused-ring (bicyclic) bond motifs is 1. The zero-order valence-electron chi connectivity index (χ0n) is 23.2. The van der Waals surface area contributed by atoms with Crippen LogP contribution >= 0.6 is 11.6 Å². The topological polar surface area (TPSA) is 105 Å². The summed E-state index contributed by atoms with van der Waals surface area (Å²) in [6, 6.07) is 17.1. The number of nitrogens with zero attached hydrogens (tertiary/aromatic N) is 2. The number of carbonyl (C=O) groups is 4. The van der Waals surface area contributed by atoms with Crippen molar-refractivity contribution in [2.75, 3.05) is 24.5 Å². The second-order valence-corrected chi connectivity index (χ2v) is 10.8. The number of amides is 2. The highest BCUT2D eigenvalue weighted by atomic mass is 35.5. The Balaban J connectivity index is 1.42. The summed E-state index contributed by atoms with van der Waals surface area (Å²) >= 11 is 5.95. The van der Waals surface area contributed by atoms with Crippen molar-refractivity contribution >= 4 is 41.0 Å². The van der Waals surface area contributed by atoms with Gasteiger partial charge in [-0.2, -0.15) is 13.2 Å². The van der Waals surface area contributed by atoms with Crippen molar-refractivity contribution in [2.45, 2.75) is 38.2 Å². The summed E-state index contributed by atoms with van der Waals surface area (Å²) in [6.07, 6.45) is -3.46. The van der Waals surface area contributed by atoms with E-state index in [0.29, 0.717) is 16.5 Å². The van der Waals surface area contributed by atoms with Gasteiger partial charge in [-0.05, 0) is 91.7 Å². The predicted molar refractivity (Wildman–Crippen MR) is 153 cm³/mol. The van der Waals surface area contributed by atoms with Crippen LogP contribution in [0.1, 0.15) is 44.7 Å². The molecule has 2 heterocycles. The molecule has 1 saturated heterocycles. The molecule has 3 aromatic carbocycles. The molecule has 1 N–H and O–H groups in total. The van der Waals surface area contributed by atoms with Gasteiger partial charge in [0.1, 0.15) is 18.4 Å². The standard InChI is InChI=1S/C31H27ClF3N3O6/c32-23-6-3-20(4-7-23)28(40)37-17-22-15-21(29(41)44-30(42)31(33,34)35)5-10-26(22)38(27(39)18-37)16-19-1-8-24(9-2-19)43-25-11-13-36-14-12-25/h1-10,15,25,36H,11-14,16-18H2. The molecular weight excluding hydrogens is 603 g/mol. The lowest BCUT2D eigenvalue weighted by Gasteiger charge is -2.25. The van der Waals surface area contributed by atoms with Crippen molar-refractivity contribution < 1.29 is 41.8 Å². The molecule has 0 bridgehead atoms. The zero-order valence-corrected chi connectivity index (χ0v) is 24.0. The van der Waals surface area contributed by atoms with Crippen LogP contribution in [-0.4, -0.2) is 60.6 Å². The van der Waals surface area contributed by atoms with Crippen molar-refractivity contribution in [3.8, 4) is 5.75 Å². The van der Waals surface area contributed by atoms with E-state index in [2.05, 4.69) is 10.1 Å². The highest BCUT2D eigenvalue weighted by Crippen LogP contribution is 2.30. The Bertz CT molecular complexity index is 1560. The Labute approximate surface area is 255 Å². The molecule has 0 radical (unpaired) electrons. The number of carbonyl (C=O) groups excluding carboxylic acids is 4. The predicted octanol–water partition coefficient (Wildman–Crippen LogP) is 4.91. The molecule has 13 heteroatoms. The minimum atomic E-state index is -5.36. The third-order valence-corrected chi connectivity index (χ3v) is 7.49. The number of hydrogen-bond donors (Lipinski definition) is 1. The van der Waals surface area contributed by atoms with E-state index in [9.17, 15) is 32.3 Å². The van der Waals surface area contributed by atoms with Crippen molar-refractivity contribution in [2.24, 2.45) is 0 Å². The van der Waals surface area contributed by atoms with Gasteiger partial charge in [0.2, 0.25) is 5.91 Å². The summed E-state index contributed by atoms with van der Waals surface area (Å²) in [4.78, 5) is 53.4. The van der Waals surface area contributed by atoms with Gasteiger partial charge in [0.05, 0.1) is 12.1 Å². The van der Waals surface area contributed by atoms with E-state index < -0.39 is 29.9 Å². The first-order chi connectivity index (χ1) is 21.0. The minimum Gasteiger partial charge on any atom is -0.490 e.